The summed E-state index contributed by atoms with van der Waals surface area (Å²) in [5.74, 6) is -0.606. The molecule has 0 aliphatic carbocycles. The highest BCUT2D eigenvalue weighted by Crippen LogP contribution is 2.17. The molecule has 0 radical (unpaired) electrons. The largest absolute Gasteiger partial charge is 0.458 e. The van der Waals surface area contributed by atoms with Crippen LogP contribution in [0.2, 0.25) is 5.15 Å². The zero-order valence-electron chi connectivity index (χ0n) is 8.60. The number of carbonyl (C=O) groups excluding carboxylic acids is 1. The number of nitrogens with zero attached hydrogens (tertiary/aromatic N) is 3. The van der Waals surface area contributed by atoms with Gasteiger partial charge in [0.05, 0.1) is 12.3 Å². The number of hydrogen-bond donors (Lipinski definition) is 0. The zero-order valence-corrected chi connectivity index (χ0v) is 9.35. The molecule has 2 heterocycles. The summed E-state index contributed by atoms with van der Waals surface area (Å²) in [6.07, 6.45) is 1.07. The molecule has 0 N–H and O–H groups in total. The molecule has 16 heavy (non-hydrogen) atoms. The second-order valence-electron chi connectivity index (χ2n) is 3.33. The molecule has 84 valence electrons. The molecular formula is C9H8ClN3O3. The highest BCUT2D eigenvalue weighted by atomic mass is 35.5. The van der Waals surface area contributed by atoms with E-state index in [1.807, 2.05) is 0 Å². The average molecular weight is 242 g/mol. The van der Waals surface area contributed by atoms with Crippen LogP contribution in [0.5, 0.6) is 0 Å². The molecule has 0 aliphatic heterocycles. The van der Waals surface area contributed by atoms with Gasteiger partial charge >= 0.3 is 5.97 Å². The summed E-state index contributed by atoms with van der Waals surface area (Å²) in [6, 6.07) is 0. The molecule has 0 aliphatic rings. The smallest absolute Gasteiger partial charge is 0.363 e. The van der Waals surface area contributed by atoms with Crippen molar-refractivity contribution in [1.82, 2.24) is 15.1 Å². The standard InChI is InChI=1S/C9H8ClN3O3/c1-4(2)15-9(14)7-6-8(16-13-7)11-3-5(10)12-6/h3-4H,1-2H3. The van der Waals surface area contributed by atoms with Crippen LogP contribution in [-0.4, -0.2) is 27.2 Å². The topological polar surface area (TPSA) is 78.1 Å². The van der Waals surface area contributed by atoms with E-state index in [1.54, 1.807) is 13.8 Å². The molecule has 2 rings (SSSR count). The fourth-order valence-electron chi connectivity index (χ4n) is 1.11. The van der Waals surface area contributed by atoms with Gasteiger partial charge in [0.25, 0.3) is 5.71 Å². The van der Waals surface area contributed by atoms with E-state index >= 15 is 0 Å². The van der Waals surface area contributed by atoms with E-state index in [0.717, 1.165) is 0 Å². The highest BCUT2D eigenvalue weighted by molar-refractivity contribution is 6.29. The van der Waals surface area contributed by atoms with E-state index in [4.69, 9.17) is 20.9 Å². The van der Waals surface area contributed by atoms with Crippen molar-refractivity contribution in [1.29, 1.82) is 0 Å². The van der Waals surface area contributed by atoms with Crippen molar-refractivity contribution >= 4 is 28.8 Å². The van der Waals surface area contributed by atoms with Gasteiger partial charge in [0, 0.05) is 0 Å². The van der Waals surface area contributed by atoms with Gasteiger partial charge in [-0.2, -0.15) is 0 Å². The van der Waals surface area contributed by atoms with Crippen LogP contribution in [0.4, 0.5) is 0 Å². The second-order valence-corrected chi connectivity index (χ2v) is 3.72. The maximum Gasteiger partial charge on any atom is 0.363 e. The molecule has 0 saturated carbocycles. The summed E-state index contributed by atoms with van der Waals surface area (Å²) in [4.78, 5) is 19.3. The van der Waals surface area contributed by atoms with Gasteiger partial charge in [-0.1, -0.05) is 16.8 Å². The van der Waals surface area contributed by atoms with Gasteiger partial charge in [-0.25, -0.2) is 14.8 Å². The van der Waals surface area contributed by atoms with Crippen molar-refractivity contribution in [2.75, 3.05) is 0 Å². The molecule has 0 spiro atoms. The molecule has 0 fully saturated rings. The van der Waals surface area contributed by atoms with Gasteiger partial charge in [-0.15, -0.1) is 0 Å². The number of esters is 1. The first-order chi connectivity index (χ1) is 7.58. The Balaban J connectivity index is 2.44. The highest BCUT2D eigenvalue weighted by Gasteiger charge is 2.20. The van der Waals surface area contributed by atoms with Crippen LogP contribution < -0.4 is 0 Å². The Morgan fingerprint density at radius 1 is 1.56 bits per heavy atom. The van der Waals surface area contributed by atoms with E-state index in [0.29, 0.717) is 0 Å². The van der Waals surface area contributed by atoms with E-state index in [-0.39, 0.29) is 28.2 Å². The lowest BCUT2D eigenvalue weighted by atomic mass is 10.4. The minimum absolute atomic E-state index is 0.0151. The van der Waals surface area contributed by atoms with Crippen molar-refractivity contribution in [3.05, 3.63) is 17.0 Å². The van der Waals surface area contributed by atoms with Crippen LogP contribution in [0.15, 0.2) is 10.7 Å². The van der Waals surface area contributed by atoms with Gasteiger partial charge in [-0.3, -0.25) is 0 Å². The number of halogens is 1. The first kappa shape index (κ1) is 10.8. The summed E-state index contributed by atoms with van der Waals surface area (Å²) in [5, 5.41) is 3.72. The Morgan fingerprint density at radius 2 is 2.31 bits per heavy atom. The monoisotopic (exact) mass is 241 g/mol. The summed E-state index contributed by atoms with van der Waals surface area (Å²) < 4.78 is 9.79. The SMILES string of the molecule is CC(C)OC(=O)c1noc2ncc(Cl)nc12. The van der Waals surface area contributed by atoms with Crippen molar-refractivity contribution in [2.24, 2.45) is 0 Å². The van der Waals surface area contributed by atoms with Crippen LogP contribution in [0.1, 0.15) is 24.3 Å². The molecule has 2 aromatic heterocycles. The Hall–Kier alpha value is -1.69. The predicted molar refractivity (Wildman–Crippen MR) is 55.2 cm³/mol. The maximum atomic E-state index is 11.6. The van der Waals surface area contributed by atoms with Crippen LogP contribution in [0.25, 0.3) is 11.2 Å². The molecule has 0 unspecified atom stereocenters. The third-order valence-corrected chi connectivity index (χ3v) is 1.88. The Morgan fingerprint density at radius 3 is 3.00 bits per heavy atom. The summed E-state index contributed by atoms with van der Waals surface area (Å²) in [7, 11) is 0. The van der Waals surface area contributed by atoms with Crippen LogP contribution in [-0.2, 0) is 4.74 Å². The van der Waals surface area contributed by atoms with Gasteiger partial charge in [-0.05, 0) is 13.8 Å². The van der Waals surface area contributed by atoms with Crippen LogP contribution >= 0.6 is 11.6 Å². The average Bonchev–Trinajstić information content (AvgIpc) is 2.59. The number of rotatable bonds is 2. The van der Waals surface area contributed by atoms with Crippen molar-refractivity contribution in [3.8, 4) is 0 Å². The van der Waals surface area contributed by atoms with Crippen molar-refractivity contribution in [3.63, 3.8) is 0 Å². The zero-order chi connectivity index (χ0) is 11.7. The first-order valence-electron chi connectivity index (χ1n) is 4.57. The molecular weight excluding hydrogens is 234 g/mol. The van der Waals surface area contributed by atoms with Gasteiger partial charge in [0.2, 0.25) is 5.69 Å². The van der Waals surface area contributed by atoms with Crippen LogP contribution in [0, 0.1) is 0 Å². The van der Waals surface area contributed by atoms with E-state index in [2.05, 4.69) is 15.1 Å². The summed E-state index contributed by atoms with van der Waals surface area (Å²) in [6.45, 7) is 3.47. The fraction of sp³-hybridized carbons (Fsp3) is 0.333. The Bertz CT molecular complexity index is 538. The second kappa shape index (κ2) is 4.05. The van der Waals surface area contributed by atoms with E-state index in [1.165, 1.54) is 6.20 Å². The summed E-state index contributed by atoms with van der Waals surface area (Å²) in [5.41, 5.74) is 0.344. The van der Waals surface area contributed by atoms with E-state index < -0.39 is 5.97 Å². The van der Waals surface area contributed by atoms with Gasteiger partial charge in [0.1, 0.15) is 5.15 Å². The minimum atomic E-state index is -0.606. The molecule has 2 aromatic rings. The molecule has 7 heteroatoms. The lowest BCUT2D eigenvalue weighted by Crippen LogP contribution is -2.12. The predicted octanol–water partition coefficient (Wildman–Crippen LogP) is 1.84. The molecule has 0 aromatic carbocycles. The number of ether oxygens (including phenoxy) is 1. The first-order valence-corrected chi connectivity index (χ1v) is 4.94. The number of aromatic nitrogens is 3. The van der Waals surface area contributed by atoms with E-state index in [9.17, 15) is 4.79 Å². The maximum absolute atomic E-state index is 11.6. The quantitative estimate of drug-likeness (QED) is 0.747. The Kier molecular flexibility index (Phi) is 2.74. The minimum Gasteiger partial charge on any atom is -0.458 e. The number of hydrogen-bond acceptors (Lipinski definition) is 6. The lowest BCUT2D eigenvalue weighted by molar-refractivity contribution is 0.0368. The molecule has 6 nitrogen and oxygen atoms in total. The van der Waals surface area contributed by atoms with Crippen LogP contribution in [0.3, 0.4) is 0 Å². The fourth-order valence-corrected chi connectivity index (χ4v) is 1.25. The molecule has 0 bridgehead atoms. The summed E-state index contributed by atoms with van der Waals surface area (Å²) >= 11 is 5.66. The third-order valence-electron chi connectivity index (χ3n) is 1.69. The van der Waals surface area contributed by atoms with Crippen molar-refractivity contribution in [2.45, 2.75) is 20.0 Å². The molecule has 0 atom stereocenters. The van der Waals surface area contributed by atoms with Gasteiger partial charge in [0.15, 0.2) is 5.52 Å². The Labute approximate surface area is 95.6 Å². The molecule has 0 saturated heterocycles. The van der Waals surface area contributed by atoms with Crippen molar-refractivity contribution < 1.29 is 14.1 Å². The number of carbonyl (C=O) groups is 1. The normalized spacial score (nSPS) is 11.0. The number of fused-ring (bicyclic) bond motifs is 1. The van der Waals surface area contributed by atoms with Gasteiger partial charge < -0.3 is 9.26 Å². The lowest BCUT2D eigenvalue weighted by Gasteiger charge is -2.04. The molecule has 0 amide bonds. The third kappa shape index (κ3) is 1.96.